The van der Waals surface area contributed by atoms with E-state index in [1.807, 2.05) is 43.4 Å². The zero-order valence-electron chi connectivity index (χ0n) is 15.4. The molecule has 0 aliphatic rings. The third-order valence-electron chi connectivity index (χ3n) is 4.27. The van der Waals surface area contributed by atoms with Crippen LogP contribution in [0.2, 0.25) is 0 Å². The van der Waals surface area contributed by atoms with Gasteiger partial charge in [0.15, 0.2) is 5.82 Å². The van der Waals surface area contributed by atoms with Crippen LogP contribution >= 0.6 is 0 Å². The molecular weight excluding hydrogens is 322 g/mol. The van der Waals surface area contributed by atoms with E-state index in [9.17, 15) is 0 Å². The quantitative estimate of drug-likeness (QED) is 0.602. The molecule has 0 atom stereocenters. The van der Waals surface area contributed by atoms with Gasteiger partial charge in [0.25, 0.3) is 5.95 Å². The fourth-order valence-electron chi connectivity index (χ4n) is 2.75. The van der Waals surface area contributed by atoms with Crippen LogP contribution < -0.4 is 9.80 Å². The molecule has 1 aromatic heterocycles. The average Bonchev–Trinajstić information content (AvgIpc) is 2.71. The second-order valence-electron chi connectivity index (χ2n) is 6.30. The molecule has 26 heavy (non-hydrogen) atoms. The van der Waals surface area contributed by atoms with Gasteiger partial charge in [-0.25, -0.2) is 0 Å². The fourth-order valence-corrected chi connectivity index (χ4v) is 2.75. The van der Waals surface area contributed by atoms with Gasteiger partial charge in [-0.2, -0.15) is 10.1 Å². The van der Waals surface area contributed by atoms with E-state index in [0.29, 0.717) is 12.5 Å². The van der Waals surface area contributed by atoms with Crippen molar-refractivity contribution in [1.82, 2.24) is 15.2 Å². The number of anilines is 3. The first-order valence-electron chi connectivity index (χ1n) is 9.05. The normalized spacial score (nSPS) is 10.5. The molecule has 134 valence electrons. The number of rotatable bonds is 8. The second-order valence-corrected chi connectivity index (χ2v) is 6.30. The van der Waals surface area contributed by atoms with Crippen molar-refractivity contribution in [3.63, 3.8) is 0 Å². The summed E-state index contributed by atoms with van der Waals surface area (Å²) in [6.45, 7) is 3.84. The van der Waals surface area contributed by atoms with Crippen molar-refractivity contribution >= 4 is 17.5 Å². The maximum atomic E-state index is 4.78. The highest BCUT2D eigenvalue weighted by Crippen LogP contribution is 2.25. The van der Waals surface area contributed by atoms with E-state index in [1.165, 1.54) is 5.56 Å². The van der Waals surface area contributed by atoms with Crippen molar-refractivity contribution in [2.24, 2.45) is 0 Å². The first-order chi connectivity index (χ1) is 12.8. The number of para-hydroxylation sites is 1. The Kier molecular flexibility index (Phi) is 6.14. The van der Waals surface area contributed by atoms with Crippen molar-refractivity contribution in [3.8, 4) is 0 Å². The molecule has 0 unspecified atom stereocenters. The van der Waals surface area contributed by atoms with Gasteiger partial charge < -0.3 is 9.80 Å². The first-order valence-corrected chi connectivity index (χ1v) is 9.05. The van der Waals surface area contributed by atoms with Crippen molar-refractivity contribution in [3.05, 3.63) is 72.4 Å². The van der Waals surface area contributed by atoms with Gasteiger partial charge in [0, 0.05) is 19.3 Å². The summed E-state index contributed by atoms with van der Waals surface area (Å²) in [5, 5.41) is 8.52. The highest BCUT2D eigenvalue weighted by Gasteiger charge is 2.15. The first kappa shape index (κ1) is 17.9. The molecule has 0 fully saturated rings. The van der Waals surface area contributed by atoms with E-state index in [-0.39, 0.29) is 0 Å². The summed E-state index contributed by atoms with van der Waals surface area (Å²) in [5.41, 5.74) is 2.25. The van der Waals surface area contributed by atoms with Gasteiger partial charge in [-0.3, -0.25) is 0 Å². The van der Waals surface area contributed by atoms with Crippen LogP contribution in [0.3, 0.4) is 0 Å². The minimum Gasteiger partial charge on any atom is -0.358 e. The van der Waals surface area contributed by atoms with Crippen LogP contribution in [0.5, 0.6) is 0 Å². The minimum absolute atomic E-state index is 0.612. The maximum Gasteiger partial charge on any atom is 0.252 e. The SMILES string of the molecule is CCCCN(C)c1cnnc(N(Cc2ccccc2)c2ccccc2)n1. The number of aromatic nitrogens is 3. The van der Waals surface area contributed by atoms with Gasteiger partial charge in [-0.1, -0.05) is 61.9 Å². The standard InChI is InChI=1S/C21H25N5/c1-3-4-15-25(2)20-16-22-24-21(23-20)26(19-13-9-6-10-14-19)17-18-11-7-5-8-12-18/h5-14,16H,3-4,15,17H2,1-2H3. The molecule has 1 heterocycles. The molecule has 0 amide bonds. The highest BCUT2D eigenvalue weighted by molar-refractivity contribution is 5.58. The molecule has 5 heteroatoms. The molecule has 0 aliphatic heterocycles. The van der Waals surface area contributed by atoms with Crippen molar-refractivity contribution in [2.45, 2.75) is 26.3 Å². The lowest BCUT2D eigenvalue weighted by Gasteiger charge is -2.24. The molecular formula is C21H25N5. The van der Waals surface area contributed by atoms with E-state index in [1.54, 1.807) is 6.20 Å². The molecule has 0 saturated heterocycles. The summed E-state index contributed by atoms with van der Waals surface area (Å²) in [5.74, 6) is 1.46. The Morgan fingerprint density at radius 1 is 0.923 bits per heavy atom. The smallest absolute Gasteiger partial charge is 0.252 e. The molecule has 0 N–H and O–H groups in total. The minimum atomic E-state index is 0.612. The topological polar surface area (TPSA) is 45.2 Å². The predicted molar refractivity (Wildman–Crippen MR) is 107 cm³/mol. The highest BCUT2D eigenvalue weighted by atomic mass is 15.3. The fraction of sp³-hybridized carbons (Fsp3) is 0.286. The summed E-state index contributed by atoms with van der Waals surface area (Å²) in [7, 11) is 2.05. The zero-order valence-corrected chi connectivity index (χ0v) is 15.4. The summed E-state index contributed by atoms with van der Waals surface area (Å²) in [6.07, 6.45) is 4.01. The molecule has 0 bridgehead atoms. The van der Waals surface area contributed by atoms with Crippen LogP contribution in [0.25, 0.3) is 0 Å². The Labute approximate surface area is 155 Å². The summed E-state index contributed by atoms with van der Waals surface area (Å²) < 4.78 is 0. The van der Waals surface area contributed by atoms with Crippen LogP contribution in [0.4, 0.5) is 17.5 Å². The van der Waals surface area contributed by atoms with E-state index in [2.05, 4.69) is 51.2 Å². The Balaban J connectivity index is 1.91. The average molecular weight is 347 g/mol. The van der Waals surface area contributed by atoms with Crippen LogP contribution in [0.15, 0.2) is 66.9 Å². The van der Waals surface area contributed by atoms with E-state index >= 15 is 0 Å². The lowest BCUT2D eigenvalue weighted by atomic mass is 10.2. The predicted octanol–water partition coefficient (Wildman–Crippen LogP) is 4.45. The van der Waals surface area contributed by atoms with Crippen molar-refractivity contribution in [1.29, 1.82) is 0 Å². The number of nitrogens with zero attached hydrogens (tertiary/aromatic N) is 5. The molecule has 0 spiro atoms. The third-order valence-corrected chi connectivity index (χ3v) is 4.27. The Morgan fingerprint density at radius 3 is 2.31 bits per heavy atom. The van der Waals surface area contributed by atoms with Gasteiger partial charge in [0.1, 0.15) is 0 Å². The zero-order chi connectivity index (χ0) is 18.2. The molecule has 5 nitrogen and oxygen atoms in total. The van der Waals surface area contributed by atoms with E-state index < -0.39 is 0 Å². The van der Waals surface area contributed by atoms with Gasteiger partial charge >= 0.3 is 0 Å². The van der Waals surface area contributed by atoms with Crippen LogP contribution in [0.1, 0.15) is 25.3 Å². The monoisotopic (exact) mass is 347 g/mol. The third kappa shape index (κ3) is 4.57. The lowest BCUT2D eigenvalue weighted by Crippen LogP contribution is -2.23. The lowest BCUT2D eigenvalue weighted by molar-refractivity contribution is 0.750. The summed E-state index contributed by atoms with van der Waals surface area (Å²) >= 11 is 0. The van der Waals surface area contributed by atoms with Gasteiger partial charge in [0.2, 0.25) is 0 Å². The van der Waals surface area contributed by atoms with Crippen LogP contribution in [-0.4, -0.2) is 28.8 Å². The number of hydrogen-bond donors (Lipinski definition) is 0. The molecule has 3 aromatic rings. The number of benzene rings is 2. The summed E-state index contributed by atoms with van der Waals surface area (Å²) in [4.78, 5) is 9.01. The molecule has 0 saturated carbocycles. The maximum absolute atomic E-state index is 4.78. The second kappa shape index (κ2) is 8.94. The molecule has 2 aromatic carbocycles. The van der Waals surface area contributed by atoms with Gasteiger partial charge in [-0.15, -0.1) is 5.10 Å². The Morgan fingerprint density at radius 2 is 1.62 bits per heavy atom. The molecule has 3 rings (SSSR count). The summed E-state index contributed by atoms with van der Waals surface area (Å²) in [6, 6.07) is 20.5. The Bertz CT molecular complexity index is 792. The van der Waals surface area contributed by atoms with Crippen LogP contribution in [0, 0.1) is 0 Å². The van der Waals surface area contributed by atoms with Crippen molar-refractivity contribution < 1.29 is 0 Å². The molecule has 0 aliphatic carbocycles. The largest absolute Gasteiger partial charge is 0.358 e. The Hall–Kier alpha value is -2.95. The van der Waals surface area contributed by atoms with Crippen molar-refractivity contribution in [2.75, 3.05) is 23.4 Å². The van der Waals surface area contributed by atoms with Crippen LogP contribution in [-0.2, 0) is 6.54 Å². The number of unbranched alkanes of at least 4 members (excludes halogenated alkanes) is 1. The number of hydrogen-bond acceptors (Lipinski definition) is 5. The van der Waals surface area contributed by atoms with Gasteiger partial charge in [-0.05, 0) is 24.1 Å². The van der Waals surface area contributed by atoms with Gasteiger partial charge in [0.05, 0.1) is 12.7 Å². The van der Waals surface area contributed by atoms with E-state index in [0.717, 1.165) is 30.9 Å². The van der Waals surface area contributed by atoms with E-state index in [4.69, 9.17) is 4.98 Å². The molecule has 0 radical (unpaired) electrons.